The van der Waals surface area contributed by atoms with E-state index in [0.717, 1.165) is 12.1 Å². The molecule has 2 aromatic rings. The van der Waals surface area contributed by atoms with Crippen LogP contribution in [0, 0.1) is 16.0 Å². The van der Waals surface area contributed by atoms with Crippen molar-refractivity contribution in [3.8, 4) is 11.1 Å². The third kappa shape index (κ3) is 2.46. The van der Waals surface area contributed by atoms with Crippen molar-refractivity contribution >= 4 is 23.0 Å². The van der Waals surface area contributed by atoms with Crippen LogP contribution in [-0.4, -0.2) is 14.7 Å². The summed E-state index contributed by atoms with van der Waals surface area (Å²) in [4.78, 5) is 10.4. The van der Waals surface area contributed by atoms with Crippen LogP contribution in [0.5, 0.6) is 0 Å². The number of nitro groups is 1. The average Bonchev–Trinajstić information content (AvgIpc) is 3.06. The normalized spacial score (nSPS) is 14.4. The monoisotopic (exact) mass is 292 g/mol. The third-order valence-corrected chi connectivity index (χ3v) is 3.71. The second-order valence-electron chi connectivity index (χ2n) is 5.04. The first-order valence-electron chi connectivity index (χ1n) is 6.31. The quantitative estimate of drug-likeness (QED) is 0.533. The Morgan fingerprint density at radius 1 is 1.50 bits per heavy atom. The SMILES string of the molecule is Nc1cc(Cl)c(-c2cnn(CC3CC3)c2)cc1[N+](=O)[O-]. The molecular formula is C13H13ClN4O2. The van der Waals surface area contributed by atoms with Crippen molar-refractivity contribution in [1.29, 1.82) is 0 Å². The van der Waals surface area contributed by atoms with Crippen LogP contribution in [0.15, 0.2) is 24.5 Å². The first-order valence-corrected chi connectivity index (χ1v) is 6.68. The second-order valence-corrected chi connectivity index (χ2v) is 5.45. The molecule has 7 heteroatoms. The lowest BCUT2D eigenvalue weighted by molar-refractivity contribution is -0.383. The molecule has 0 amide bonds. The van der Waals surface area contributed by atoms with Crippen molar-refractivity contribution in [3.63, 3.8) is 0 Å². The summed E-state index contributed by atoms with van der Waals surface area (Å²) >= 11 is 6.13. The fraction of sp³-hybridized carbons (Fsp3) is 0.308. The number of nitrogen functional groups attached to an aromatic ring is 1. The van der Waals surface area contributed by atoms with E-state index in [1.165, 1.54) is 25.0 Å². The zero-order valence-corrected chi connectivity index (χ0v) is 11.4. The number of rotatable bonds is 4. The Labute approximate surface area is 120 Å². The highest BCUT2D eigenvalue weighted by molar-refractivity contribution is 6.33. The lowest BCUT2D eigenvalue weighted by Crippen LogP contribution is -1.99. The summed E-state index contributed by atoms with van der Waals surface area (Å²) in [6.45, 7) is 0.884. The topological polar surface area (TPSA) is 87.0 Å². The van der Waals surface area contributed by atoms with Crippen LogP contribution >= 0.6 is 11.6 Å². The number of nitro benzene ring substituents is 1. The Balaban J connectivity index is 1.97. The van der Waals surface area contributed by atoms with Crippen molar-refractivity contribution in [2.75, 3.05) is 5.73 Å². The molecule has 3 rings (SSSR count). The summed E-state index contributed by atoms with van der Waals surface area (Å²) in [6.07, 6.45) is 6.01. The molecule has 1 aromatic heterocycles. The van der Waals surface area contributed by atoms with Crippen molar-refractivity contribution in [2.24, 2.45) is 5.92 Å². The van der Waals surface area contributed by atoms with E-state index in [-0.39, 0.29) is 11.4 Å². The smallest absolute Gasteiger partial charge is 0.292 e. The summed E-state index contributed by atoms with van der Waals surface area (Å²) in [6, 6.07) is 2.81. The average molecular weight is 293 g/mol. The Morgan fingerprint density at radius 3 is 2.90 bits per heavy atom. The summed E-state index contributed by atoms with van der Waals surface area (Å²) < 4.78 is 1.85. The molecule has 1 aliphatic carbocycles. The first-order chi connectivity index (χ1) is 9.54. The number of nitrogens with zero attached hydrogens (tertiary/aromatic N) is 3. The maximum atomic E-state index is 10.9. The summed E-state index contributed by atoms with van der Waals surface area (Å²) in [5.41, 5.74) is 6.87. The minimum absolute atomic E-state index is 0.0640. The van der Waals surface area contributed by atoms with E-state index in [0.29, 0.717) is 16.5 Å². The molecule has 1 fully saturated rings. The molecule has 1 aromatic carbocycles. The van der Waals surface area contributed by atoms with Gasteiger partial charge in [-0.2, -0.15) is 5.10 Å². The van der Waals surface area contributed by atoms with Gasteiger partial charge in [-0.1, -0.05) is 11.6 Å². The van der Waals surface area contributed by atoms with E-state index in [1.54, 1.807) is 6.20 Å². The molecule has 104 valence electrons. The second kappa shape index (κ2) is 4.79. The molecular weight excluding hydrogens is 280 g/mol. The number of benzene rings is 1. The van der Waals surface area contributed by atoms with Gasteiger partial charge in [-0.15, -0.1) is 0 Å². The molecule has 0 unspecified atom stereocenters. The van der Waals surface area contributed by atoms with Crippen molar-refractivity contribution in [2.45, 2.75) is 19.4 Å². The van der Waals surface area contributed by atoms with Gasteiger partial charge >= 0.3 is 0 Å². The van der Waals surface area contributed by atoms with Gasteiger partial charge in [0.1, 0.15) is 5.69 Å². The van der Waals surface area contributed by atoms with Gasteiger partial charge in [0.15, 0.2) is 0 Å². The number of nitrogens with two attached hydrogens (primary N) is 1. The van der Waals surface area contributed by atoms with Gasteiger partial charge in [0.05, 0.1) is 16.1 Å². The van der Waals surface area contributed by atoms with Gasteiger partial charge in [-0.3, -0.25) is 14.8 Å². The van der Waals surface area contributed by atoms with Crippen LogP contribution < -0.4 is 5.73 Å². The molecule has 0 aliphatic heterocycles. The number of halogens is 1. The molecule has 0 bridgehead atoms. The highest BCUT2D eigenvalue weighted by Crippen LogP contribution is 2.36. The maximum absolute atomic E-state index is 10.9. The molecule has 0 saturated heterocycles. The van der Waals surface area contributed by atoms with Crippen LogP contribution in [0.1, 0.15) is 12.8 Å². The summed E-state index contributed by atoms with van der Waals surface area (Å²) in [7, 11) is 0. The Kier molecular flexibility index (Phi) is 3.10. The fourth-order valence-corrected chi connectivity index (χ4v) is 2.41. The maximum Gasteiger partial charge on any atom is 0.292 e. The van der Waals surface area contributed by atoms with Gasteiger partial charge < -0.3 is 5.73 Å². The Morgan fingerprint density at radius 2 is 2.25 bits per heavy atom. The number of aromatic nitrogens is 2. The van der Waals surface area contributed by atoms with Gasteiger partial charge in [0.2, 0.25) is 0 Å². The Bertz CT molecular complexity index is 679. The molecule has 2 N–H and O–H groups in total. The molecule has 0 radical (unpaired) electrons. The predicted octanol–water partition coefficient (Wildman–Crippen LogP) is 3.10. The molecule has 1 aliphatic rings. The van der Waals surface area contributed by atoms with Crippen molar-refractivity contribution < 1.29 is 4.92 Å². The standard InChI is InChI=1S/C13H13ClN4O2/c14-11-4-12(15)13(18(19)20)3-10(11)9-5-16-17(7-9)6-8-1-2-8/h3-5,7-8H,1-2,6,15H2. The minimum Gasteiger partial charge on any atom is -0.393 e. The van der Waals surface area contributed by atoms with E-state index in [1.807, 2.05) is 10.9 Å². The van der Waals surface area contributed by atoms with E-state index in [4.69, 9.17) is 17.3 Å². The highest BCUT2D eigenvalue weighted by atomic mass is 35.5. The van der Waals surface area contributed by atoms with E-state index in [2.05, 4.69) is 5.10 Å². The minimum atomic E-state index is -0.510. The zero-order valence-electron chi connectivity index (χ0n) is 10.6. The Hall–Kier alpha value is -2.08. The number of anilines is 1. The van der Waals surface area contributed by atoms with Gasteiger partial charge in [-0.25, -0.2) is 0 Å². The molecule has 1 heterocycles. The predicted molar refractivity (Wildman–Crippen MR) is 76.5 cm³/mol. The lowest BCUT2D eigenvalue weighted by Gasteiger charge is -2.04. The van der Waals surface area contributed by atoms with Crippen LogP contribution in [0.25, 0.3) is 11.1 Å². The zero-order chi connectivity index (χ0) is 14.3. The molecule has 1 saturated carbocycles. The van der Waals surface area contributed by atoms with Gasteiger partial charge in [-0.05, 0) is 24.8 Å². The fourth-order valence-electron chi connectivity index (χ4n) is 2.12. The molecule has 20 heavy (non-hydrogen) atoms. The van der Waals surface area contributed by atoms with E-state index in [9.17, 15) is 10.1 Å². The van der Waals surface area contributed by atoms with Crippen molar-refractivity contribution in [1.82, 2.24) is 9.78 Å². The summed E-state index contributed by atoms with van der Waals surface area (Å²) in [5.74, 6) is 0.707. The van der Waals surface area contributed by atoms with Gasteiger partial charge in [0, 0.05) is 29.9 Å². The van der Waals surface area contributed by atoms with Crippen LogP contribution in [0.3, 0.4) is 0 Å². The first kappa shape index (κ1) is 12.9. The van der Waals surface area contributed by atoms with Crippen LogP contribution in [-0.2, 0) is 6.54 Å². The largest absolute Gasteiger partial charge is 0.393 e. The molecule has 0 atom stereocenters. The van der Waals surface area contributed by atoms with Gasteiger partial charge in [0.25, 0.3) is 5.69 Å². The number of hydrogen-bond donors (Lipinski definition) is 1. The highest BCUT2D eigenvalue weighted by Gasteiger charge is 2.22. The molecule has 6 nitrogen and oxygen atoms in total. The van der Waals surface area contributed by atoms with Crippen LogP contribution in [0.2, 0.25) is 5.02 Å². The lowest BCUT2D eigenvalue weighted by atomic mass is 10.1. The van der Waals surface area contributed by atoms with E-state index < -0.39 is 4.92 Å². The summed E-state index contributed by atoms with van der Waals surface area (Å²) in [5, 5.41) is 15.6. The van der Waals surface area contributed by atoms with Crippen molar-refractivity contribution in [3.05, 3.63) is 39.7 Å². The number of hydrogen-bond acceptors (Lipinski definition) is 4. The third-order valence-electron chi connectivity index (χ3n) is 3.40. The van der Waals surface area contributed by atoms with Crippen LogP contribution in [0.4, 0.5) is 11.4 Å². The molecule has 0 spiro atoms. The van der Waals surface area contributed by atoms with E-state index >= 15 is 0 Å².